The van der Waals surface area contributed by atoms with Crippen LogP contribution in [0.25, 0.3) is 0 Å². The fourth-order valence-electron chi connectivity index (χ4n) is 4.56. The van der Waals surface area contributed by atoms with Crippen LogP contribution >= 0.6 is 11.3 Å². The van der Waals surface area contributed by atoms with Crippen LogP contribution in [0.4, 0.5) is 10.6 Å². The molecule has 0 aliphatic rings. The monoisotopic (exact) mass is 672 g/mol. The van der Waals surface area contributed by atoms with Gasteiger partial charge in [0.05, 0.1) is 12.2 Å². The molecule has 3 aromatic heterocycles. The summed E-state index contributed by atoms with van der Waals surface area (Å²) in [4.78, 5) is 38.0. The summed E-state index contributed by atoms with van der Waals surface area (Å²) in [5.41, 5.74) is -1.25. The van der Waals surface area contributed by atoms with Gasteiger partial charge in [0.25, 0.3) is 0 Å². The fraction of sp³-hybridized carbons (Fsp3) is 0.529. The van der Waals surface area contributed by atoms with Gasteiger partial charge in [0, 0.05) is 28.7 Å². The predicted octanol–water partition coefficient (Wildman–Crippen LogP) is 7.48. The molecule has 3 aromatic rings. The zero-order valence-electron chi connectivity index (χ0n) is 28.5. The number of anilines is 1. The minimum atomic E-state index is -3.99. The van der Waals surface area contributed by atoms with Crippen LogP contribution in [0.5, 0.6) is 0 Å². The maximum Gasteiger partial charge on any atom is 0.416 e. The number of ether oxygens (including phenoxy) is 2. The van der Waals surface area contributed by atoms with Gasteiger partial charge in [0.1, 0.15) is 28.5 Å². The third kappa shape index (κ3) is 10.9. The summed E-state index contributed by atoms with van der Waals surface area (Å²) in [5, 5.41) is 0. The van der Waals surface area contributed by atoms with Crippen molar-refractivity contribution in [3.8, 4) is 0 Å². The van der Waals surface area contributed by atoms with Gasteiger partial charge in [0.2, 0.25) is 10.0 Å². The Morgan fingerprint density at radius 3 is 2.20 bits per heavy atom. The second kappa shape index (κ2) is 15.0. The first-order chi connectivity index (χ1) is 21.3. The van der Waals surface area contributed by atoms with Gasteiger partial charge in [-0.1, -0.05) is 39.7 Å². The number of hydrogen-bond acceptors (Lipinski definition) is 9. The normalized spacial score (nSPS) is 12.7. The number of nitrogens with zero attached hydrogens (tertiary/aromatic N) is 4. The summed E-state index contributed by atoms with van der Waals surface area (Å²) < 4.78 is 40.3. The van der Waals surface area contributed by atoms with Crippen molar-refractivity contribution in [2.45, 2.75) is 116 Å². The van der Waals surface area contributed by atoms with E-state index in [0.29, 0.717) is 5.69 Å². The highest BCUT2D eigenvalue weighted by Gasteiger charge is 2.31. The van der Waals surface area contributed by atoms with Crippen molar-refractivity contribution in [3.63, 3.8) is 0 Å². The van der Waals surface area contributed by atoms with E-state index in [1.165, 1.54) is 27.6 Å². The summed E-state index contributed by atoms with van der Waals surface area (Å²) in [6.45, 7) is 16.6. The van der Waals surface area contributed by atoms with Crippen molar-refractivity contribution in [3.05, 3.63) is 70.3 Å². The largest absolute Gasteiger partial charge is 0.459 e. The van der Waals surface area contributed by atoms with E-state index in [1.807, 2.05) is 6.07 Å². The molecule has 0 aromatic carbocycles. The van der Waals surface area contributed by atoms with E-state index in [1.54, 1.807) is 77.1 Å². The van der Waals surface area contributed by atoms with Gasteiger partial charge >= 0.3 is 12.1 Å². The molecule has 10 nitrogen and oxygen atoms in total. The Kier molecular flexibility index (Phi) is 12.1. The van der Waals surface area contributed by atoms with E-state index < -0.39 is 39.8 Å². The Labute approximate surface area is 278 Å². The van der Waals surface area contributed by atoms with E-state index in [9.17, 15) is 18.0 Å². The maximum atomic E-state index is 14.0. The van der Waals surface area contributed by atoms with Crippen LogP contribution < -0.4 is 4.90 Å². The molecule has 0 atom stereocenters. The first kappa shape index (κ1) is 37.1. The Bertz CT molecular complexity index is 1570. The number of unbranched alkanes of at least 4 members (excludes halogenated alkanes) is 1. The number of thiophene rings is 1. The molecule has 46 heavy (non-hydrogen) atoms. The van der Waals surface area contributed by atoms with Crippen LogP contribution in [0, 0.1) is 0 Å². The van der Waals surface area contributed by atoms with Crippen LogP contribution in [0.3, 0.4) is 0 Å². The minimum absolute atomic E-state index is 0.0267. The Balaban J connectivity index is 1.99. The van der Waals surface area contributed by atoms with Crippen LogP contribution in [-0.4, -0.2) is 52.5 Å². The average molecular weight is 673 g/mol. The summed E-state index contributed by atoms with van der Waals surface area (Å²) in [6.07, 6.45) is 5.32. The van der Waals surface area contributed by atoms with Crippen LogP contribution in [-0.2, 0) is 42.8 Å². The molecule has 3 rings (SSSR count). The number of amides is 1. The molecule has 0 spiro atoms. The second-order valence-electron chi connectivity index (χ2n) is 13.9. The highest BCUT2D eigenvalue weighted by atomic mass is 32.2. The molecule has 252 valence electrons. The number of aromatic nitrogens is 2. The number of sulfonamides is 1. The molecule has 0 fully saturated rings. The molecular weight excluding hydrogens is 625 g/mol. The molecule has 0 bridgehead atoms. The molecule has 0 N–H and O–H groups in total. The van der Waals surface area contributed by atoms with Crippen molar-refractivity contribution < 1.29 is 27.5 Å². The number of carbonyl (C=O) groups is 2. The lowest BCUT2D eigenvalue weighted by atomic mass is 9.86. The zero-order valence-corrected chi connectivity index (χ0v) is 30.1. The van der Waals surface area contributed by atoms with Gasteiger partial charge in [-0.05, 0) is 89.8 Å². The number of hydrogen-bond donors (Lipinski definition) is 0. The van der Waals surface area contributed by atoms with Gasteiger partial charge in [-0.2, -0.15) is 4.31 Å². The number of pyridine rings is 2. The lowest BCUT2D eigenvalue weighted by Crippen LogP contribution is -2.42. The van der Waals surface area contributed by atoms with Gasteiger partial charge in [0.15, 0.2) is 0 Å². The molecule has 3 heterocycles. The van der Waals surface area contributed by atoms with Gasteiger partial charge < -0.3 is 9.47 Å². The summed E-state index contributed by atoms with van der Waals surface area (Å²) in [6, 6.07) is 12.1. The molecule has 0 saturated heterocycles. The lowest BCUT2D eigenvalue weighted by molar-refractivity contribution is -0.153. The van der Waals surface area contributed by atoms with E-state index in [4.69, 9.17) is 9.47 Å². The molecule has 1 amide bonds. The standard InChI is InChI=1S/C34H48N4O6S2/c1-10-11-19-34(8,9)28-18-17-26(45-28)23-37(46(41,42)27-15-13-20-35-21-27)22-25-14-12-16-29(36-25)38(31(40)44-33(5,6)7)24-30(39)43-32(2,3)4/h12-18,20-21H,10-11,19,22-24H2,1-9H3. The first-order valence-corrected chi connectivity index (χ1v) is 17.7. The van der Waals surface area contributed by atoms with Crippen LogP contribution in [0.2, 0.25) is 0 Å². The maximum absolute atomic E-state index is 14.0. The third-order valence-electron chi connectivity index (χ3n) is 6.82. The van der Waals surface area contributed by atoms with Crippen molar-refractivity contribution in [2.24, 2.45) is 0 Å². The van der Waals surface area contributed by atoms with Gasteiger partial charge in [-0.3, -0.25) is 14.7 Å². The van der Waals surface area contributed by atoms with Crippen molar-refractivity contribution >= 4 is 39.2 Å². The second-order valence-corrected chi connectivity index (χ2v) is 17.0. The third-order valence-corrected chi connectivity index (χ3v) is 10.0. The zero-order chi connectivity index (χ0) is 34.3. The smallest absolute Gasteiger partial charge is 0.416 e. The quantitative estimate of drug-likeness (QED) is 0.172. The number of carbonyl (C=O) groups excluding carboxylic acids is 2. The SMILES string of the molecule is CCCCC(C)(C)c1ccc(CN(Cc2cccc(N(CC(=O)OC(C)(C)C)C(=O)OC(C)(C)C)n2)S(=O)(=O)c2cccnc2)s1. The van der Waals surface area contributed by atoms with Gasteiger partial charge in [-0.15, -0.1) is 11.3 Å². The Morgan fingerprint density at radius 2 is 1.59 bits per heavy atom. The molecule has 0 saturated carbocycles. The van der Waals surface area contributed by atoms with E-state index >= 15 is 0 Å². The summed E-state index contributed by atoms with van der Waals surface area (Å²) in [7, 11) is -3.99. The topological polar surface area (TPSA) is 119 Å². The minimum Gasteiger partial charge on any atom is -0.459 e. The van der Waals surface area contributed by atoms with Crippen LogP contribution in [0.15, 0.2) is 59.8 Å². The Hall–Kier alpha value is -3.35. The predicted molar refractivity (Wildman–Crippen MR) is 181 cm³/mol. The van der Waals surface area contributed by atoms with E-state index in [-0.39, 0.29) is 29.2 Å². The van der Waals surface area contributed by atoms with E-state index in [0.717, 1.165) is 29.0 Å². The molecule has 0 radical (unpaired) electrons. The van der Waals surface area contributed by atoms with Crippen molar-refractivity contribution in [2.75, 3.05) is 11.4 Å². The fourth-order valence-corrected chi connectivity index (χ4v) is 7.15. The summed E-state index contributed by atoms with van der Waals surface area (Å²) in [5.74, 6) is -0.505. The molecule has 0 aliphatic heterocycles. The highest BCUT2D eigenvalue weighted by Crippen LogP contribution is 2.35. The molecule has 12 heteroatoms. The summed E-state index contributed by atoms with van der Waals surface area (Å²) >= 11 is 1.61. The molecular formula is C34H48N4O6S2. The van der Waals surface area contributed by atoms with Crippen LogP contribution in [0.1, 0.15) is 97.0 Å². The first-order valence-electron chi connectivity index (χ1n) is 15.5. The number of rotatable bonds is 13. The van der Waals surface area contributed by atoms with E-state index in [2.05, 4.69) is 36.8 Å². The number of esters is 1. The Morgan fingerprint density at radius 1 is 0.891 bits per heavy atom. The average Bonchev–Trinajstić information content (AvgIpc) is 3.43. The van der Waals surface area contributed by atoms with Gasteiger partial charge in [-0.25, -0.2) is 18.2 Å². The van der Waals surface area contributed by atoms with Crippen molar-refractivity contribution in [1.29, 1.82) is 0 Å². The molecule has 0 aliphatic carbocycles. The van der Waals surface area contributed by atoms with Crippen molar-refractivity contribution in [1.82, 2.24) is 14.3 Å². The molecule has 0 unspecified atom stereocenters. The lowest BCUT2D eigenvalue weighted by Gasteiger charge is -2.28. The highest BCUT2D eigenvalue weighted by molar-refractivity contribution is 7.89.